The third kappa shape index (κ3) is 3.13. The zero-order chi connectivity index (χ0) is 19.8. The lowest BCUT2D eigenvalue weighted by Crippen LogP contribution is -1.99. The predicted molar refractivity (Wildman–Crippen MR) is 113 cm³/mol. The van der Waals surface area contributed by atoms with Gasteiger partial charge in [-0.3, -0.25) is 0 Å². The third-order valence-corrected chi connectivity index (χ3v) is 5.12. The summed E-state index contributed by atoms with van der Waals surface area (Å²) >= 11 is 0. The van der Waals surface area contributed by atoms with E-state index in [9.17, 15) is 5.11 Å². The number of fused-ring (bicyclic) bond motifs is 2. The number of aromatic hydroxyl groups is 1. The van der Waals surface area contributed by atoms with Gasteiger partial charge in [0.05, 0.1) is 29.4 Å². The van der Waals surface area contributed by atoms with Crippen LogP contribution in [0.1, 0.15) is 5.56 Å². The lowest BCUT2D eigenvalue weighted by atomic mass is 9.97. The third-order valence-electron chi connectivity index (χ3n) is 5.12. The molecule has 0 atom stereocenters. The molecule has 2 aromatic heterocycles. The van der Waals surface area contributed by atoms with E-state index in [-0.39, 0.29) is 5.75 Å². The lowest BCUT2D eigenvalue weighted by Gasteiger charge is -2.11. The number of hydrogen-bond donors (Lipinski definition) is 2. The van der Waals surface area contributed by atoms with Crippen LogP contribution < -0.4 is 0 Å². The van der Waals surface area contributed by atoms with Crippen molar-refractivity contribution in [2.45, 2.75) is 6.42 Å². The molecule has 0 bridgehead atoms. The van der Waals surface area contributed by atoms with Crippen LogP contribution in [-0.4, -0.2) is 38.6 Å². The van der Waals surface area contributed by atoms with E-state index in [0.29, 0.717) is 12.6 Å². The molecule has 29 heavy (non-hydrogen) atoms. The van der Waals surface area contributed by atoms with Gasteiger partial charge >= 0.3 is 0 Å². The molecule has 0 spiro atoms. The summed E-state index contributed by atoms with van der Waals surface area (Å²) in [6.07, 6.45) is 2.57. The molecule has 2 N–H and O–H groups in total. The molecule has 0 radical (unpaired) electrons. The highest BCUT2D eigenvalue weighted by Gasteiger charge is 2.12. The molecule has 6 nitrogen and oxygen atoms in total. The molecule has 0 amide bonds. The van der Waals surface area contributed by atoms with Gasteiger partial charge in [-0.2, -0.15) is 9.78 Å². The molecule has 0 saturated heterocycles. The minimum absolute atomic E-state index is 0.258. The van der Waals surface area contributed by atoms with Crippen molar-refractivity contribution in [3.05, 3.63) is 72.4 Å². The van der Waals surface area contributed by atoms with Gasteiger partial charge in [0.1, 0.15) is 5.75 Å². The van der Waals surface area contributed by atoms with Gasteiger partial charge in [0.15, 0.2) is 0 Å². The number of phenolic OH excluding ortho intramolecular Hbond substituents is 1. The number of phenols is 1. The van der Waals surface area contributed by atoms with Crippen LogP contribution in [-0.2, 0) is 11.2 Å². The molecule has 0 unspecified atom stereocenters. The highest BCUT2D eigenvalue weighted by Crippen LogP contribution is 2.30. The van der Waals surface area contributed by atoms with Crippen LogP contribution in [0.3, 0.4) is 0 Å². The van der Waals surface area contributed by atoms with E-state index in [4.69, 9.17) is 4.74 Å². The van der Waals surface area contributed by atoms with Gasteiger partial charge in [-0.1, -0.05) is 30.3 Å². The molecule has 5 aromatic rings. The first-order valence-corrected chi connectivity index (χ1v) is 9.47. The Morgan fingerprint density at radius 3 is 2.83 bits per heavy atom. The molecule has 0 saturated carbocycles. The monoisotopic (exact) mass is 384 g/mol. The molecule has 6 heteroatoms. The molecule has 0 aliphatic heterocycles. The Kier molecular flexibility index (Phi) is 4.26. The maximum Gasteiger partial charge on any atom is 0.229 e. The normalized spacial score (nSPS) is 11.5. The van der Waals surface area contributed by atoms with E-state index in [0.717, 1.165) is 45.0 Å². The van der Waals surface area contributed by atoms with Gasteiger partial charge in [-0.05, 0) is 53.4 Å². The number of aromatic nitrogens is 4. The summed E-state index contributed by atoms with van der Waals surface area (Å²) < 4.78 is 7.06. The van der Waals surface area contributed by atoms with Crippen molar-refractivity contribution in [2.75, 3.05) is 13.7 Å². The van der Waals surface area contributed by atoms with Crippen LogP contribution in [0.5, 0.6) is 5.75 Å². The molecular weight excluding hydrogens is 364 g/mol. The highest BCUT2D eigenvalue weighted by molar-refractivity contribution is 5.86. The first kappa shape index (κ1) is 17.5. The largest absolute Gasteiger partial charge is 0.508 e. The minimum Gasteiger partial charge on any atom is -0.508 e. The highest BCUT2D eigenvalue weighted by atomic mass is 16.5. The van der Waals surface area contributed by atoms with Crippen molar-refractivity contribution in [2.24, 2.45) is 0 Å². The predicted octanol–water partition coefficient (Wildman–Crippen LogP) is 4.46. The fourth-order valence-corrected chi connectivity index (χ4v) is 3.67. The van der Waals surface area contributed by atoms with Gasteiger partial charge < -0.3 is 14.8 Å². The zero-order valence-corrected chi connectivity index (χ0v) is 16.0. The van der Waals surface area contributed by atoms with Crippen molar-refractivity contribution in [3.63, 3.8) is 0 Å². The van der Waals surface area contributed by atoms with Gasteiger partial charge in [0.2, 0.25) is 5.95 Å². The summed E-state index contributed by atoms with van der Waals surface area (Å²) in [7, 11) is 1.68. The second kappa shape index (κ2) is 7.07. The van der Waals surface area contributed by atoms with Crippen molar-refractivity contribution in [3.8, 4) is 22.8 Å². The van der Waals surface area contributed by atoms with E-state index in [1.807, 2.05) is 41.2 Å². The zero-order valence-electron chi connectivity index (χ0n) is 16.0. The van der Waals surface area contributed by atoms with Gasteiger partial charge in [-0.25, -0.2) is 4.98 Å². The number of hydrogen-bond acceptors (Lipinski definition) is 4. The molecule has 5 rings (SSSR count). The number of benzene rings is 3. The second-order valence-electron chi connectivity index (χ2n) is 6.99. The van der Waals surface area contributed by atoms with Crippen molar-refractivity contribution >= 4 is 21.9 Å². The summed E-state index contributed by atoms with van der Waals surface area (Å²) in [6.45, 7) is 0.593. The SMILES string of the molecule is COCCc1cc(O)ccc1-c1ccc2cnn(-c3nc4ccccc4[nH]3)c2c1. The van der Waals surface area contributed by atoms with Crippen molar-refractivity contribution < 1.29 is 9.84 Å². The molecular formula is C23H20N4O2. The Morgan fingerprint density at radius 2 is 1.97 bits per heavy atom. The molecule has 3 aromatic carbocycles. The fraction of sp³-hybridized carbons (Fsp3) is 0.130. The number of aromatic amines is 1. The molecule has 0 fully saturated rings. The Hall–Kier alpha value is -3.64. The summed E-state index contributed by atoms with van der Waals surface area (Å²) in [6, 6.07) is 19.6. The summed E-state index contributed by atoms with van der Waals surface area (Å²) in [5.74, 6) is 0.942. The minimum atomic E-state index is 0.258. The lowest BCUT2D eigenvalue weighted by molar-refractivity contribution is 0.202. The topological polar surface area (TPSA) is 76.0 Å². The Morgan fingerprint density at radius 1 is 1.07 bits per heavy atom. The average Bonchev–Trinajstić information content (AvgIpc) is 3.35. The van der Waals surface area contributed by atoms with Crippen LogP contribution in [0, 0.1) is 0 Å². The number of H-pyrrole nitrogens is 1. The van der Waals surface area contributed by atoms with Gasteiger partial charge in [-0.15, -0.1) is 0 Å². The van der Waals surface area contributed by atoms with E-state index < -0.39 is 0 Å². The quantitative estimate of drug-likeness (QED) is 0.469. The van der Waals surface area contributed by atoms with Crippen LogP contribution in [0.2, 0.25) is 0 Å². The Bertz CT molecular complexity index is 1290. The smallest absolute Gasteiger partial charge is 0.229 e. The Labute approximate surface area is 167 Å². The number of ether oxygens (including phenoxy) is 1. The van der Waals surface area contributed by atoms with E-state index in [1.54, 1.807) is 19.2 Å². The van der Waals surface area contributed by atoms with Crippen LogP contribution in [0.4, 0.5) is 0 Å². The maximum absolute atomic E-state index is 9.92. The van der Waals surface area contributed by atoms with Gasteiger partial charge in [0.25, 0.3) is 0 Å². The Balaban J connectivity index is 1.63. The molecule has 0 aliphatic rings. The number of nitrogens with one attached hydrogen (secondary N) is 1. The van der Waals surface area contributed by atoms with E-state index >= 15 is 0 Å². The maximum atomic E-state index is 9.92. The summed E-state index contributed by atoms with van der Waals surface area (Å²) in [4.78, 5) is 8.01. The second-order valence-corrected chi connectivity index (χ2v) is 6.99. The fourth-order valence-electron chi connectivity index (χ4n) is 3.67. The van der Waals surface area contributed by atoms with Crippen molar-refractivity contribution in [1.82, 2.24) is 19.7 Å². The average molecular weight is 384 g/mol. The number of para-hydroxylation sites is 2. The molecule has 2 heterocycles. The summed E-state index contributed by atoms with van der Waals surface area (Å²) in [5.41, 5.74) is 6.01. The molecule has 0 aliphatic carbocycles. The standard InChI is InChI=1S/C23H20N4O2/c1-29-11-10-16-12-18(28)8-9-19(16)15-6-7-17-14-24-27(22(17)13-15)23-25-20-4-2-3-5-21(20)26-23/h2-9,12-14,28H,10-11H2,1H3,(H,25,26). The van der Waals surface area contributed by atoms with E-state index in [1.165, 1.54) is 0 Å². The van der Waals surface area contributed by atoms with Gasteiger partial charge in [0, 0.05) is 12.5 Å². The first-order valence-electron chi connectivity index (χ1n) is 9.47. The van der Waals surface area contributed by atoms with Crippen LogP contribution in [0.15, 0.2) is 66.9 Å². The number of imidazole rings is 1. The number of nitrogens with zero attached hydrogens (tertiary/aromatic N) is 3. The number of methoxy groups -OCH3 is 1. The van der Waals surface area contributed by atoms with E-state index in [2.05, 4.69) is 33.3 Å². The summed E-state index contributed by atoms with van der Waals surface area (Å²) in [5, 5.41) is 15.5. The number of rotatable bonds is 5. The van der Waals surface area contributed by atoms with Crippen LogP contribution >= 0.6 is 0 Å². The molecule has 144 valence electrons. The first-order chi connectivity index (χ1) is 14.2. The van der Waals surface area contributed by atoms with Crippen LogP contribution in [0.25, 0.3) is 39.0 Å². The van der Waals surface area contributed by atoms with Crippen molar-refractivity contribution in [1.29, 1.82) is 0 Å².